The molecule has 0 saturated heterocycles. The van der Waals surface area contributed by atoms with Gasteiger partial charge in [0.15, 0.2) is 11.6 Å². The molecule has 20 heavy (non-hydrogen) atoms. The molecule has 2 N–H and O–H groups in total. The van der Waals surface area contributed by atoms with E-state index in [0.717, 1.165) is 23.6 Å². The van der Waals surface area contributed by atoms with Crippen LogP contribution < -0.4 is 15.4 Å². The number of methoxy groups -OCH3 is 1. The standard InChI is InChI=1S/C13H19N5O2/c1-5-14-12-11(19-4)13(17-7-16-12)15-6-10-8(2)18-20-9(10)3/h7H,5-6H2,1-4H3,(H2,14,15,16,17). The Morgan fingerprint density at radius 3 is 2.45 bits per heavy atom. The molecule has 2 heterocycles. The molecule has 0 aliphatic heterocycles. The maximum atomic E-state index is 5.37. The Bertz CT molecular complexity index is 563. The quantitative estimate of drug-likeness (QED) is 0.836. The third-order valence-electron chi connectivity index (χ3n) is 2.97. The van der Waals surface area contributed by atoms with Crippen molar-refractivity contribution in [2.45, 2.75) is 27.3 Å². The Morgan fingerprint density at radius 2 is 1.90 bits per heavy atom. The Balaban J connectivity index is 2.19. The van der Waals surface area contributed by atoms with E-state index >= 15 is 0 Å². The zero-order chi connectivity index (χ0) is 14.5. The lowest BCUT2D eigenvalue weighted by atomic mass is 10.2. The van der Waals surface area contributed by atoms with Crippen LogP contribution >= 0.6 is 0 Å². The molecule has 2 aromatic rings. The van der Waals surface area contributed by atoms with Gasteiger partial charge in [0.1, 0.15) is 12.1 Å². The van der Waals surface area contributed by atoms with Crippen LogP contribution in [0, 0.1) is 13.8 Å². The number of hydrogen-bond donors (Lipinski definition) is 2. The van der Waals surface area contributed by atoms with Crippen LogP contribution in [0.4, 0.5) is 11.6 Å². The second-order valence-corrected chi connectivity index (χ2v) is 4.29. The molecule has 0 unspecified atom stereocenters. The molecule has 108 valence electrons. The highest BCUT2D eigenvalue weighted by atomic mass is 16.5. The molecule has 0 saturated carbocycles. The van der Waals surface area contributed by atoms with E-state index in [1.807, 2.05) is 20.8 Å². The number of anilines is 2. The van der Waals surface area contributed by atoms with Crippen molar-refractivity contribution >= 4 is 11.6 Å². The van der Waals surface area contributed by atoms with Gasteiger partial charge in [-0.1, -0.05) is 5.16 Å². The largest absolute Gasteiger partial charge is 0.490 e. The summed E-state index contributed by atoms with van der Waals surface area (Å²) in [5.74, 6) is 2.71. The monoisotopic (exact) mass is 277 g/mol. The first-order valence-corrected chi connectivity index (χ1v) is 6.45. The second-order valence-electron chi connectivity index (χ2n) is 4.29. The van der Waals surface area contributed by atoms with Crippen molar-refractivity contribution in [3.8, 4) is 5.75 Å². The van der Waals surface area contributed by atoms with E-state index < -0.39 is 0 Å². The van der Waals surface area contributed by atoms with E-state index in [0.29, 0.717) is 23.9 Å². The summed E-state index contributed by atoms with van der Waals surface area (Å²) in [5, 5.41) is 10.3. The predicted molar refractivity (Wildman–Crippen MR) is 76.1 cm³/mol. The van der Waals surface area contributed by atoms with Crippen LogP contribution in [-0.2, 0) is 6.54 Å². The highest BCUT2D eigenvalue weighted by Gasteiger charge is 2.13. The van der Waals surface area contributed by atoms with Gasteiger partial charge in [-0.15, -0.1) is 0 Å². The van der Waals surface area contributed by atoms with Crippen molar-refractivity contribution in [2.75, 3.05) is 24.3 Å². The van der Waals surface area contributed by atoms with Crippen molar-refractivity contribution < 1.29 is 9.26 Å². The molecule has 0 bridgehead atoms. The van der Waals surface area contributed by atoms with Crippen LogP contribution in [0.2, 0.25) is 0 Å². The van der Waals surface area contributed by atoms with Gasteiger partial charge in [0.25, 0.3) is 0 Å². The molecule has 0 atom stereocenters. The van der Waals surface area contributed by atoms with E-state index in [1.165, 1.54) is 6.33 Å². The lowest BCUT2D eigenvalue weighted by Crippen LogP contribution is -2.08. The molecule has 2 rings (SSSR count). The molecule has 0 aliphatic rings. The number of ether oxygens (including phenoxy) is 1. The van der Waals surface area contributed by atoms with Crippen LogP contribution in [0.3, 0.4) is 0 Å². The van der Waals surface area contributed by atoms with E-state index in [4.69, 9.17) is 9.26 Å². The number of nitrogens with zero attached hydrogens (tertiary/aromatic N) is 3. The van der Waals surface area contributed by atoms with Crippen molar-refractivity contribution in [3.63, 3.8) is 0 Å². The van der Waals surface area contributed by atoms with Crippen LogP contribution in [0.5, 0.6) is 5.75 Å². The van der Waals surface area contributed by atoms with Crippen LogP contribution in [0.1, 0.15) is 23.9 Å². The average Bonchev–Trinajstić information content (AvgIpc) is 2.76. The SMILES string of the molecule is CCNc1ncnc(NCc2c(C)noc2C)c1OC. The highest BCUT2D eigenvalue weighted by molar-refractivity contribution is 5.63. The number of aromatic nitrogens is 3. The first-order valence-electron chi connectivity index (χ1n) is 6.45. The van der Waals surface area contributed by atoms with Crippen LogP contribution in [0.25, 0.3) is 0 Å². The molecule has 0 fully saturated rings. The smallest absolute Gasteiger partial charge is 0.204 e. The molecular formula is C13H19N5O2. The fourth-order valence-electron chi connectivity index (χ4n) is 1.91. The van der Waals surface area contributed by atoms with E-state index in [-0.39, 0.29) is 0 Å². The van der Waals surface area contributed by atoms with E-state index in [9.17, 15) is 0 Å². The molecule has 7 heteroatoms. The van der Waals surface area contributed by atoms with Gasteiger partial charge in [-0.25, -0.2) is 9.97 Å². The zero-order valence-corrected chi connectivity index (χ0v) is 12.1. The van der Waals surface area contributed by atoms with E-state index in [1.54, 1.807) is 7.11 Å². The molecular weight excluding hydrogens is 258 g/mol. The molecule has 2 aromatic heterocycles. The summed E-state index contributed by atoms with van der Waals surface area (Å²) in [7, 11) is 1.60. The molecule has 0 aromatic carbocycles. The van der Waals surface area contributed by atoms with Gasteiger partial charge in [-0.3, -0.25) is 0 Å². The maximum Gasteiger partial charge on any atom is 0.204 e. The number of aryl methyl sites for hydroxylation is 2. The van der Waals surface area contributed by atoms with Crippen molar-refractivity contribution in [1.29, 1.82) is 0 Å². The third kappa shape index (κ3) is 2.81. The number of rotatable bonds is 6. The Morgan fingerprint density at radius 1 is 1.20 bits per heavy atom. The van der Waals surface area contributed by atoms with Gasteiger partial charge >= 0.3 is 0 Å². The van der Waals surface area contributed by atoms with Crippen LogP contribution in [-0.4, -0.2) is 28.8 Å². The molecule has 0 aliphatic carbocycles. The normalized spacial score (nSPS) is 10.4. The minimum Gasteiger partial charge on any atom is -0.490 e. The zero-order valence-electron chi connectivity index (χ0n) is 12.1. The highest BCUT2D eigenvalue weighted by Crippen LogP contribution is 2.29. The third-order valence-corrected chi connectivity index (χ3v) is 2.97. The van der Waals surface area contributed by atoms with E-state index in [2.05, 4.69) is 25.8 Å². The summed E-state index contributed by atoms with van der Waals surface area (Å²) in [6, 6.07) is 0. The minimum absolute atomic E-state index is 0.570. The summed E-state index contributed by atoms with van der Waals surface area (Å²) >= 11 is 0. The molecule has 0 spiro atoms. The van der Waals surface area contributed by atoms with Gasteiger partial charge in [0.2, 0.25) is 5.75 Å². The predicted octanol–water partition coefficient (Wildman–Crippen LogP) is 2.13. The maximum absolute atomic E-state index is 5.37. The second kappa shape index (κ2) is 6.23. The lowest BCUT2D eigenvalue weighted by molar-refractivity contribution is 0.392. The Labute approximate surface area is 117 Å². The topological polar surface area (TPSA) is 85.1 Å². The molecule has 0 radical (unpaired) electrons. The summed E-state index contributed by atoms with van der Waals surface area (Å²) in [6.07, 6.45) is 1.50. The fraction of sp³-hybridized carbons (Fsp3) is 0.462. The number of nitrogens with one attached hydrogen (secondary N) is 2. The fourth-order valence-corrected chi connectivity index (χ4v) is 1.91. The first kappa shape index (κ1) is 14.1. The summed E-state index contributed by atoms with van der Waals surface area (Å²) in [6.45, 7) is 7.13. The van der Waals surface area contributed by atoms with Gasteiger partial charge in [-0.05, 0) is 20.8 Å². The summed E-state index contributed by atoms with van der Waals surface area (Å²) in [4.78, 5) is 8.37. The summed E-state index contributed by atoms with van der Waals surface area (Å²) < 4.78 is 10.5. The first-order chi connectivity index (χ1) is 9.67. The Hall–Kier alpha value is -2.31. The van der Waals surface area contributed by atoms with Gasteiger partial charge in [0.05, 0.1) is 12.8 Å². The van der Waals surface area contributed by atoms with Crippen LogP contribution in [0.15, 0.2) is 10.9 Å². The minimum atomic E-state index is 0.570. The van der Waals surface area contributed by atoms with Gasteiger partial charge in [-0.2, -0.15) is 0 Å². The van der Waals surface area contributed by atoms with Crippen molar-refractivity contribution in [2.24, 2.45) is 0 Å². The van der Waals surface area contributed by atoms with Crippen molar-refractivity contribution in [1.82, 2.24) is 15.1 Å². The number of hydrogen-bond acceptors (Lipinski definition) is 7. The lowest BCUT2D eigenvalue weighted by Gasteiger charge is -2.13. The average molecular weight is 277 g/mol. The van der Waals surface area contributed by atoms with Crippen molar-refractivity contribution in [3.05, 3.63) is 23.3 Å². The summed E-state index contributed by atoms with van der Waals surface area (Å²) in [5.41, 5.74) is 1.89. The Kier molecular flexibility index (Phi) is 4.39. The molecule has 0 amide bonds. The van der Waals surface area contributed by atoms with Gasteiger partial charge < -0.3 is 19.9 Å². The van der Waals surface area contributed by atoms with Gasteiger partial charge in [0, 0.05) is 18.7 Å². The molecule has 7 nitrogen and oxygen atoms in total.